The van der Waals surface area contributed by atoms with Gasteiger partial charge in [-0.1, -0.05) is 0 Å². The molecule has 0 aromatic heterocycles. The fraction of sp³-hybridized carbons (Fsp3) is 0.692. The minimum Gasteiger partial charge on any atom is -1.00 e. The summed E-state index contributed by atoms with van der Waals surface area (Å²) in [6, 6.07) is 0. The quantitative estimate of drug-likeness (QED) is 0.419. The van der Waals surface area contributed by atoms with Crippen molar-refractivity contribution in [2.75, 3.05) is 0 Å². The van der Waals surface area contributed by atoms with Gasteiger partial charge in [-0.05, 0) is 0 Å². The van der Waals surface area contributed by atoms with Gasteiger partial charge in [-0.2, -0.15) is 0 Å². The van der Waals surface area contributed by atoms with Crippen LogP contribution in [-0.2, 0) is 23.2 Å². The molecule has 0 aromatic carbocycles. The second-order valence-electron chi connectivity index (χ2n) is 9.41. The normalized spacial score (nSPS) is 20.3. The van der Waals surface area contributed by atoms with E-state index in [0.717, 1.165) is 0 Å². The van der Waals surface area contributed by atoms with Crippen LogP contribution < -0.4 is 24.8 Å². The summed E-state index contributed by atoms with van der Waals surface area (Å²) < 4.78 is 3.68. The Balaban J connectivity index is 0.00000392. The van der Waals surface area contributed by atoms with Gasteiger partial charge in [0.25, 0.3) is 0 Å². The van der Waals surface area contributed by atoms with Gasteiger partial charge in [-0.25, -0.2) is 0 Å². The van der Waals surface area contributed by atoms with Gasteiger partial charge in [0.15, 0.2) is 0 Å². The van der Waals surface area contributed by atoms with E-state index in [1.807, 2.05) is 6.56 Å². The van der Waals surface area contributed by atoms with E-state index in [1.165, 1.54) is 51.4 Å². The first-order valence-corrected chi connectivity index (χ1v) is 13.8. The smallest absolute Gasteiger partial charge is 1.00 e. The minimum absolute atomic E-state index is 0. The van der Waals surface area contributed by atoms with Crippen molar-refractivity contribution in [3.05, 3.63) is 41.0 Å². The molecule has 2 atom stereocenters. The van der Waals surface area contributed by atoms with Crippen molar-refractivity contribution in [2.45, 2.75) is 107 Å². The van der Waals surface area contributed by atoms with E-state index >= 15 is 0 Å². The van der Waals surface area contributed by atoms with E-state index in [2.05, 4.69) is 67.5 Å². The van der Waals surface area contributed by atoms with Gasteiger partial charge < -0.3 is 24.8 Å². The molecule has 0 aromatic rings. The fourth-order valence-corrected chi connectivity index (χ4v) is 9.87. The van der Waals surface area contributed by atoms with Crippen LogP contribution in [0.5, 0.6) is 0 Å². The van der Waals surface area contributed by atoms with Crippen LogP contribution in [-0.4, -0.2) is 0 Å². The number of hydrogen-bond donors (Lipinski definition) is 0. The Morgan fingerprint density at radius 1 is 0.724 bits per heavy atom. The molecule has 0 aliphatic heterocycles. The Hall–Kier alpha value is 0.423. The summed E-state index contributed by atoms with van der Waals surface area (Å²) in [4.78, 5) is 0. The summed E-state index contributed by atoms with van der Waals surface area (Å²) in [5, 5.41) is 0. The van der Waals surface area contributed by atoms with Crippen LogP contribution in [0.25, 0.3) is 0 Å². The van der Waals surface area contributed by atoms with E-state index < -0.39 is 23.2 Å². The molecule has 2 aliphatic rings. The van der Waals surface area contributed by atoms with Gasteiger partial charge in [0.1, 0.15) is 0 Å². The summed E-state index contributed by atoms with van der Waals surface area (Å²) in [5.41, 5.74) is 7.64. The molecule has 0 heterocycles. The summed E-state index contributed by atoms with van der Waals surface area (Å²) in [6.45, 7) is 19.4. The first-order chi connectivity index (χ1) is 12.8. The molecular formula is C26H42Cl2Zr. The van der Waals surface area contributed by atoms with Crippen molar-refractivity contribution in [3.63, 3.8) is 0 Å². The average molecular weight is 517 g/mol. The molecule has 0 spiro atoms. The second kappa shape index (κ2) is 12.5. The van der Waals surface area contributed by atoms with Crippen molar-refractivity contribution in [1.29, 1.82) is 0 Å². The third kappa shape index (κ3) is 6.23. The predicted molar refractivity (Wildman–Crippen MR) is 117 cm³/mol. The molecule has 0 fully saturated rings. The topological polar surface area (TPSA) is 0 Å². The van der Waals surface area contributed by atoms with Crippen molar-refractivity contribution in [2.24, 2.45) is 10.8 Å². The van der Waals surface area contributed by atoms with Gasteiger partial charge in [-0.3, -0.25) is 0 Å². The largest absolute Gasteiger partial charge is 1.00 e. The van der Waals surface area contributed by atoms with Crippen LogP contribution in [0.3, 0.4) is 0 Å². The Kier molecular flexibility index (Phi) is 12.6. The zero-order chi connectivity index (χ0) is 20.2. The zero-order valence-corrected chi connectivity index (χ0v) is 24.0. The third-order valence-corrected chi connectivity index (χ3v) is 12.0. The Morgan fingerprint density at radius 3 is 1.34 bits per heavy atom. The molecule has 29 heavy (non-hydrogen) atoms. The molecule has 2 rings (SSSR count). The Morgan fingerprint density at radius 2 is 1.07 bits per heavy atom. The second-order valence-corrected chi connectivity index (χ2v) is 12.5. The molecule has 0 amide bonds. The van der Waals surface area contributed by atoms with E-state index in [9.17, 15) is 0 Å². The van der Waals surface area contributed by atoms with Crippen molar-refractivity contribution >= 4 is 0 Å². The van der Waals surface area contributed by atoms with Gasteiger partial charge in [0, 0.05) is 0 Å². The molecule has 0 N–H and O–H groups in total. The van der Waals surface area contributed by atoms with Crippen LogP contribution in [0.1, 0.15) is 107 Å². The van der Waals surface area contributed by atoms with Gasteiger partial charge in [-0.15, -0.1) is 0 Å². The molecule has 2 aliphatic carbocycles. The Labute approximate surface area is 205 Å². The predicted octanol–water partition coefficient (Wildman–Crippen LogP) is 2.72. The molecular weight excluding hydrogens is 474 g/mol. The molecule has 164 valence electrons. The minimum atomic E-state index is -0.768. The van der Waals surface area contributed by atoms with Crippen LogP contribution >= 0.6 is 0 Å². The summed E-state index contributed by atoms with van der Waals surface area (Å²) in [6.07, 6.45) is 15.4. The number of hydrogen-bond acceptors (Lipinski definition) is 0. The molecule has 3 heteroatoms. The monoisotopic (exact) mass is 514 g/mol. The first kappa shape index (κ1) is 29.4. The van der Waals surface area contributed by atoms with Crippen molar-refractivity contribution in [1.82, 2.24) is 0 Å². The number of halogens is 2. The van der Waals surface area contributed by atoms with Crippen LogP contribution in [0.2, 0.25) is 0 Å². The first-order valence-electron chi connectivity index (χ1n) is 11.3. The molecule has 0 bridgehead atoms. The van der Waals surface area contributed by atoms with Crippen LogP contribution in [0.4, 0.5) is 0 Å². The maximum absolute atomic E-state index is 2.60. The average Bonchev–Trinajstić information content (AvgIpc) is 3.20. The van der Waals surface area contributed by atoms with Gasteiger partial charge in [0.2, 0.25) is 0 Å². The van der Waals surface area contributed by atoms with Crippen LogP contribution in [0, 0.1) is 10.8 Å². The molecule has 0 saturated carbocycles. The van der Waals surface area contributed by atoms with E-state index in [0.29, 0.717) is 10.8 Å². The summed E-state index contributed by atoms with van der Waals surface area (Å²) >= 11 is -0.768. The van der Waals surface area contributed by atoms with Crippen molar-refractivity contribution < 1.29 is 48.0 Å². The van der Waals surface area contributed by atoms with Gasteiger partial charge >= 0.3 is 182 Å². The standard InChI is InChI=1S/2C13H21.2ClH.Zr/c2*1-5-9-13(4,6-2)12-8-7-11(3)10-12;;;/h2*8H,5-7,9H2,1-4H3;2*1H;/q;;;;+2/p-2. The molecule has 0 nitrogen and oxygen atoms in total. The summed E-state index contributed by atoms with van der Waals surface area (Å²) in [5.74, 6) is 0. The maximum Gasteiger partial charge on any atom is -1.00 e. The number of rotatable bonds is 10. The maximum atomic E-state index is 2.60. The van der Waals surface area contributed by atoms with Crippen LogP contribution in [0.15, 0.2) is 41.0 Å². The van der Waals surface area contributed by atoms with E-state index in [-0.39, 0.29) is 24.8 Å². The van der Waals surface area contributed by atoms with Crippen molar-refractivity contribution in [3.8, 4) is 0 Å². The van der Waals surface area contributed by atoms with Gasteiger partial charge in [0.05, 0.1) is 0 Å². The molecule has 2 unspecified atom stereocenters. The summed E-state index contributed by atoms with van der Waals surface area (Å²) in [7, 11) is 0. The Bertz CT molecular complexity index is 625. The molecule has 0 saturated heterocycles. The zero-order valence-electron chi connectivity index (χ0n) is 20.1. The number of allylic oxidation sites excluding steroid dienone is 8. The van der Waals surface area contributed by atoms with E-state index in [4.69, 9.17) is 0 Å². The SMILES string of the molecule is CCCC(C)(CC)C1=CCC(C)=[C]1[Zr+2][C]1=C(C)CC=C1C(C)(CC)CCC.[Cl-].[Cl-]. The van der Waals surface area contributed by atoms with E-state index in [1.54, 1.807) is 22.3 Å². The molecule has 0 radical (unpaired) electrons. The third-order valence-electron chi connectivity index (χ3n) is 7.33. The fourth-order valence-electron chi connectivity index (χ4n) is 5.06.